The molecule has 0 saturated heterocycles. The molecular formula is C13H9F6N5OS. The number of hydrazone groups is 1. The van der Waals surface area contributed by atoms with Crippen LogP contribution in [0, 0.1) is 0 Å². The lowest BCUT2D eigenvalue weighted by atomic mass is 10.3. The Kier molecular flexibility index (Phi) is 5.79. The number of alkyl halides is 6. The number of hydrogen-bond donors (Lipinski definition) is 1. The van der Waals surface area contributed by atoms with Crippen molar-refractivity contribution >= 4 is 28.3 Å². The summed E-state index contributed by atoms with van der Waals surface area (Å²) in [5.41, 5.74) is -1.03. The highest BCUT2D eigenvalue weighted by Gasteiger charge is 2.32. The summed E-state index contributed by atoms with van der Waals surface area (Å²) < 4.78 is 79.6. The van der Waals surface area contributed by atoms with Gasteiger partial charge in [0.2, 0.25) is 0 Å². The fourth-order valence-electron chi connectivity index (χ4n) is 1.47. The van der Waals surface area contributed by atoms with E-state index in [0.717, 1.165) is 18.3 Å². The van der Waals surface area contributed by atoms with Crippen molar-refractivity contribution in [2.75, 3.05) is 6.61 Å². The third kappa shape index (κ3) is 5.40. The quantitative estimate of drug-likeness (QED) is 0.361. The van der Waals surface area contributed by atoms with Crippen LogP contribution < -0.4 is 10.6 Å². The zero-order valence-electron chi connectivity index (χ0n) is 12.5. The van der Waals surface area contributed by atoms with Crippen molar-refractivity contribution in [2.24, 2.45) is 15.9 Å². The molecule has 0 atom stereocenters. The summed E-state index contributed by atoms with van der Waals surface area (Å²) in [6, 6.07) is 1.68. The fraction of sp³-hybridized carbons (Fsp3) is 0.231. The van der Waals surface area contributed by atoms with Crippen LogP contribution in [0.15, 0.2) is 34.6 Å². The zero-order valence-corrected chi connectivity index (χ0v) is 13.4. The Morgan fingerprint density at radius 3 is 2.27 bits per heavy atom. The van der Waals surface area contributed by atoms with Gasteiger partial charge in [0.15, 0.2) is 0 Å². The Labute approximate surface area is 146 Å². The van der Waals surface area contributed by atoms with Crippen molar-refractivity contribution in [3.63, 3.8) is 0 Å². The molecular weight excluding hydrogens is 388 g/mol. The minimum Gasteiger partial charge on any atom is -0.457 e. The first-order valence-electron chi connectivity index (χ1n) is 6.59. The Morgan fingerprint density at radius 2 is 1.77 bits per heavy atom. The van der Waals surface area contributed by atoms with Crippen LogP contribution in [-0.4, -0.2) is 28.5 Å². The fourth-order valence-corrected chi connectivity index (χ4v) is 2.19. The van der Waals surface area contributed by atoms with Gasteiger partial charge < -0.3 is 10.6 Å². The molecule has 26 heavy (non-hydrogen) atoms. The molecule has 13 heteroatoms. The Morgan fingerprint density at radius 1 is 1.12 bits per heavy atom. The van der Waals surface area contributed by atoms with Crippen LogP contribution in [0.2, 0.25) is 0 Å². The summed E-state index contributed by atoms with van der Waals surface area (Å²) >= 11 is 0.420. The molecule has 0 spiro atoms. The van der Waals surface area contributed by atoms with Gasteiger partial charge in [0.1, 0.15) is 22.2 Å². The third-order valence-corrected chi connectivity index (χ3v) is 3.72. The summed E-state index contributed by atoms with van der Waals surface area (Å²) in [5.74, 6) is 5.11. The van der Waals surface area contributed by atoms with Gasteiger partial charge in [-0.05, 0) is 12.1 Å². The lowest BCUT2D eigenvalue weighted by molar-refractivity contribution is -0.138. The van der Waals surface area contributed by atoms with Gasteiger partial charge in [-0.3, -0.25) is 0 Å². The van der Waals surface area contributed by atoms with E-state index in [2.05, 4.69) is 20.1 Å². The van der Waals surface area contributed by atoms with Crippen LogP contribution in [0.5, 0.6) is 6.01 Å². The maximum Gasteiger partial charge on any atom is 0.425 e. The number of ether oxygens (including phenoxy) is 1. The number of rotatable bonds is 5. The normalized spacial score (nSPS) is 13.4. The monoisotopic (exact) mass is 397 g/mol. The van der Waals surface area contributed by atoms with E-state index in [4.69, 9.17) is 10.6 Å². The predicted molar refractivity (Wildman–Crippen MR) is 81.6 cm³/mol. The van der Waals surface area contributed by atoms with Crippen molar-refractivity contribution < 1.29 is 31.1 Å². The van der Waals surface area contributed by atoms with Crippen molar-refractivity contribution in [3.05, 3.63) is 35.0 Å². The number of hydrogen-bond acceptors (Lipinski definition) is 7. The summed E-state index contributed by atoms with van der Waals surface area (Å²) in [6.45, 7) is -0.344. The molecule has 0 aliphatic rings. The SMILES string of the molecule is NN=C(C=Nc1ccc(C(F)(F)F)s1)COc1ncc(C(F)(F)F)cn1. The second-order valence-electron chi connectivity index (χ2n) is 4.56. The summed E-state index contributed by atoms with van der Waals surface area (Å²) in [7, 11) is 0. The van der Waals surface area contributed by atoms with Gasteiger partial charge in [-0.15, -0.1) is 11.3 Å². The molecule has 140 valence electrons. The number of thiophene rings is 1. The molecule has 2 rings (SSSR count). The lowest BCUT2D eigenvalue weighted by Crippen LogP contribution is -2.16. The van der Waals surface area contributed by atoms with Crippen molar-refractivity contribution in [3.8, 4) is 6.01 Å². The summed E-state index contributed by atoms with van der Waals surface area (Å²) in [4.78, 5) is 9.74. The number of nitrogens with two attached hydrogens (primary N) is 1. The molecule has 0 bridgehead atoms. The van der Waals surface area contributed by atoms with Gasteiger partial charge in [-0.1, -0.05) is 0 Å². The van der Waals surface area contributed by atoms with Crippen LogP contribution >= 0.6 is 11.3 Å². The minimum atomic E-state index is -4.58. The van der Waals surface area contributed by atoms with E-state index in [1.807, 2.05) is 0 Å². The number of nitrogens with zero attached hydrogens (tertiary/aromatic N) is 4. The molecule has 2 heterocycles. The minimum absolute atomic E-state index is 0.00968. The lowest BCUT2D eigenvalue weighted by Gasteiger charge is -2.06. The summed E-state index contributed by atoms with van der Waals surface area (Å²) in [6.07, 6.45) is -6.90. The van der Waals surface area contributed by atoms with E-state index in [1.165, 1.54) is 0 Å². The van der Waals surface area contributed by atoms with Crippen molar-refractivity contribution in [2.45, 2.75) is 12.4 Å². The van der Waals surface area contributed by atoms with E-state index in [0.29, 0.717) is 23.7 Å². The molecule has 0 aliphatic carbocycles. The molecule has 0 aromatic carbocycles. The van der Waals surface area contributed by atoms with Crippen LogP contribution in [-0.2, 0) is 12.4 Å². The van der Waals surface area contributed by atoms with Crippen molar-refractivity contribution in [1.82, 2.24) is 9.97 Å². The van der Waals surface area contributed by atoms with Gasteiger partial charge in [-0.2, -0.15) is 31.4 Å². The highest BCUT2D eigenvalue weighted by atomic mass is 32.1. The van der Waals surface area contributed by atoms with Gasteiger partial charge in [0.25, 0.3) is 0 Å². The first kappa shape index (κ1) is 19.6. The largest absolute Gasteiger partial charge is 0.457 e. The van der Waals surface area contributed by atoms with Crippen LogP contribution in [0.1, 0.15) is 10.4 Å². The van der Waals surface area contributed by atoms with E-state index in [1.54, 1.807) is 0 Å². The van der Waals surface area contributed by atoms with E-state index < -0.39 is 22.8 Å². The molecule has 2 aromatic rings. The van der Waals surface area contributed by atoms with Crippen LogP contribution in [0.4, 0.5) is 31.3 Å². The first-order chi connectivity index (χ1) is 12.1. The number of aliphatic imine (C=N–C) groups is 1. The molecule has 0 radical (unpaired) electrons. The standard InChI is InChI=1S/C13H9F6N5OS/c14-12(15,16)7-3-22-11(23-4-7)25-6-8(24-20)5-21-10-2-1-9(26-10)13(17,18)19/h1-5H,6,20H2. The van der Waals surface area contributed by atoms with E-state index in [9.17, 15) is 26.3 Å². The molecule has 0 fully saturated rings. The first-order valence-corrected chi connectivity index (χ1v) is 7.41. The van der Waals surface area contributed by atoms with Crippen LogP contribution in [0.3, 0.4) is 0 Å². The van der Waals surface area contributed by atoms with Gasteiger partial charge in [0, 0.05) is 12.4 Å². The molecule has 2 aromatic heterocycles. The Balaban J connectivity index is 1.96. The maximum atomic E-state index is 12.5. The number of halogens is 6. The summed E-state index contributed by atoms with van der Waals surface area (Å²) in [5, 5.41) is 3.38. The third-order valence-electron chi connectivity index (χ3n) is 2.68. The molecule has 0 unspecified atom stereocenters. The second kappa shape index (κ2) is 7.68. The highest BCUT2D eigenvalue weighted by Crippen LogP contribution is 2.37. The average molecular weight is 397 g/mol. The van der Waals surface area contributed by atoms with Gasteiger partial charge in [0.05, 0.1) is 11.8 Å². The van der Waals surface area contributed by atoms with E-state index in [-0.39, 0.29) is 23.3 Å². The smallest absolute Gasteiger partial charge is 0.425 e. The second-order valence-corrected chi connectivity index (χ2v) is 5.62. The molecule has 0 amide bonds. The Bertz CT molecular complexity index is 797. The van der Waals surface area contributed by atoms with Gasteiger partial charge >= 0.3 is 18.4 Å². The maximum absolute atomic E-state index is 12.5. The molecule has 2 N–H and O–H groups in total. The molecule has 6 nitrogen and oxygen atoms in total. The van der Waals surface area contributed by atoms with E-state index >= 15 is 0 Å². The topological polar surface area (TPSA) is 85.8 Å². The molecule has 0 saturated carbocycles. The zero-order chi connectivity index (χ0) is 19.4. The predicted octanol–water partition coefficient (Wildman–Crippen LogP) is 3.67. The molecule has 0 aliphatic heterocycles. The van der Waals surface area contributed by atoms with Crippen molar-refractivity contribution in [1.29, 1.82) is 0 Å². The van der Waals surface area contributed by atoms with Gasteiger partial charge in [-0.25, -0.2) is 15.0 Å². The average Bonchev–Trinajstić information content (AvgIpc) is 3.04. The van der Waals surface area contributed by atoms with Crippen LogP contribution in [0.25, 0.3) is 0 Å². The highest BCUT2D eigenvalue weighted by molar-refractivity contribution is 7.15. The Hall–Kier alpha value is -2.70. The number of aromatic nitrogens is 2.